The molecule has 3 heterocycles. The van der Waals surface area contributed by atoms with Gasteiger partial charge in [0.1, 0.15) is 17.2 Å². The smallest absolute Gasteiger partial charge is 0.160 e. The van der Waals surface area contributed by atoms with Gasteiger partial charge in [0.15, 0.2) is 5.65 Å². The first-order chi connectivity index (χ1) is 12.1. The minimum Gasteiger partial charge on any atom is -0.360 e. The highest BCUT2D eigenvalue weighted by molar-refractivity contribution is 7.12. The molecule has 1 aromatic carbocycles. The molecule has 25 heavy (non-hydrogen) atoms. The second-order valence-electron chi connectivity index (χ2n) is 5.68. The molecule has 3 aromatic heterocycles. The molecular weight excluding hydrogens is 356 g/mol. The Balaban J connectivity index is 1.62. The Morgan fingerprint density at radius 2 is 2.00 bits per heavy atom. The Kier molecular flexibility index (Phi) is 4.10. The number of nitrogens with one attached hydrogen (secondary N) is 2. The third-order valence-corrected chi connectivity index (χ3v) is 5.31. The number of nitrogens with zero attached hydrogens (tertiary/aromatic N) is 4. The molecule has 1 atom stereocenters. The van der Waals surface area contributed by atoms with Crippen LogP contribution in [0.1, 0.15) is 22.9 Å². The van der Waals surface area contributed by atoms with Crippen LogP contribution in [0.25, 0.3) is 22.3 Å². The van der Waals surface area contributed by atoms with Gasteiger partial charge in [0.2, 0.25) is 0 Å². The molecule has 0 aliphatic heterocycles. The molecular formula is C17H15ClN6S. The summed E-state index contributed by atoms with van der Waals surface area (Å²) < 4.78 is 0. The predicted molar refractivity (Wildman–Crippen MR) is 101 cm³/mol. The third kappa shape index (κ3) is 3.08. The van der Waals surface area contributed by atoms with Crippen LogP contribution in [0, 0.1) is 6.92 Å². The lowest BCUT2D eigenvalue weighted by molar-refractivity contribution is 0.863. The van der Waals surface area contributed by atoms with Gasteiger partial charge < -0.3 is 5.32 Å². The number of H-pyrrole nitrogens is 1. The highest BCUT2D eigenvalue weighted by Gasteiger charge is 2.16. The molecule has 0 fully saturated rings. The van der Waals surface area contributed by atoms with Crippen molar-refractivity contribution in [3.05, 3.63) is 51.7 Å². The van der Waals surface area contributed by atoms with Gasteiger partial charge in [0.25, 0.3) is 0 Å². The van der Waals surface area contributed by atoms with Gasteiger partial charge in [-0.2, -0.15) is 5.10 Å². The number of benzene rings is 1. The van der Waals surface area contributed by atoms with Crippen molar-refractivity contribution in [2.24, 2.45) is 0 Å². The van der Waals surface area contributed by atoms with E-state index in [0.29, 0.717) is 5.65 Å². The maximum Gasteiger partial charge on any atom is 0.160 e. The maximum atomic E-state index is 5.98. The number of rotatable bonds is 4. The Bertz CT molecular complexity index is 1020. The van der Waals surface area contributed by atoms with Gasteiger partial charge in [0.05, 0.1) is 23.3 Å². The number of hydrogen-bond donors (Lipinski definition) is 2. The van der Waals surface area contributed by atoms with Gasteiger partial charge in [-0.15, -0.1) is 11.3 Å². The van der Waals surface area contributed by atoms with E-state index >= 15 is 0 Å². The first-order valence-corrected chi connectivity index (χ1v) is 8.95. The van der Waals surface area contributed by atoms with Gasteiger partial charge in [-0.05, 0) is 26.0 Å². The number of aromatic amines is 1. The van der Waals surface area contributed by atoms with E-state index in [1.807, 2.05) is 24.3 Å². The Morgan fingerprint density at radius 3 is 2.80 bits per heavy atom. The monoisotopic (exact) mass is 370 g/mol. The van der Waals surface area contributed by atoms with Gasteiger partial charge in [-0.1, -0.05) is 23.7 Å². The predicted octanol–water partition coefficient (Wildman–Crippen LogP) is 4.61. The number of anilines is 1. The van der Waals surface area contributed by atoms with Crippen molar-refractivity contribution in [2.75, 3.05) is 5.32 Å². The highest BCUT2D eigenvalue weighted by Crippen LogP contribution is 2.32. The minimum absolute atomic E-state index is 0.0118. The molecule has 0 spiro atoms. The van der Waals surface area contributed by atoms with Gasteiger partial charge in [-0.3, -0.25) is 5.10 Å². The largest absolute Gasteiger partial charge is 0.360 e. The van der Waals surface area contributed by atoms with Crippen LogP contribution < -0.4 is 5.32 Å². The molecule has 0 aliphatic rings. The van der Waals surface area contributed by atoms with Crippen molar-refractivity contribution in [3.8, 4) is 11.3 Å². The van der Waals surface area contributed by atoms with E-state index in [2.05, 4.69) is 39.3 Å². The Labute approximate surface area is 153 Å². The van der Waals surface area contributed by atoms with E-state index in [-0.39, 0.29) is 6.04 Å². The first kappa shape index (κ1) is 16.0. The topological polar surface area (TPSA) is 79.4 Å². The van der Waals surface area contributed by atoms with Crippen molar-refractivity contribution < 1.29 is 0 Å². The van der Waals surface area contributed by atoms with Crippen LogP contribution in [0.5, 0.6) is 0 Å². The summed E-state index contributed by atoms with van der Waals surface area (Å²) in [6, 6.07) is 7.76. The maximum absolute atomic E-state index is 5.98. The van der Waals surface area contributed by atoms with E-state index in [4.69, 9.17) is 16.6 Å². The van der Waals surface area contributed by atoms with E-state index in [9.17, 15) is 0 Å². The summed E-state index contributed by atoms with van der Waals surface area (Å²) in [5.74, 6) is 0.743. The summed E-state index contributed by atoms with van der Waals surface area (Å²) in [5.41, 5.74) is 2.76. The Hall–Kier alpha value is -2.51. The van der Waals surface area contributed by atoms with Crippen molar-refractivity contribution in [2.45, 2.75) is 19.9 Å². The molecule has 2 N–H and O–H groups in total. The van der Waals surface area contributed by atoms with Gasteiger partial charge in [-0.25, -0.2) is 15.0 Å². The first-order valence-electron chi connectivity index (χ1n) is 7.75. The molecule has 0 saturated carbocycles. The second-order valence-corrected chi connectivity index (χ2v) is 7.36. The van der Waals surface area contributed by atoms with E-state index in [1.54, 1.807) is 17.5 Å². The zero-order chi connectivity index (χ0) is 17.4. The fourth-order valence-electron chi connectivity index (χ4n) is 2.62. The van der Waals surface area contributed by atoms with Crippen LogP contribution in [0.15, 0.2) is 36.8 Å². The van der Waals surface area contributed by atoms with Crippen molar-refractivity contribution >= 4 is 39.8 Å². The average Bonchev–Trinajstić information content (AvgIpc) is 3.23. The average molecular weight is 371 g/mol. The molecule has 0 saturated heterocycles. The van der Waals surface area contributed by atoms with Crippen molar-refractivity contribution in [1.29, 1.82) is 0 Å². The summed E-state index contributed by atoms with van der Waals surface area (Å²) >= 11 is 7.65. The molecule has 8 heteroatoms. The zero-order valence-electron chi connectivity index (χ0n) is 13.6. The number of thiazole rings is 1. The third-order valence-electron chi connectivity index (χ3n) is 3.90. The summed E-state index contributed by atoms with van der Waals surface area (Å²) in [7, 11) is 0. The molecule has 0 bridgehead atoms. The number of aryl methyl sites for hydroxylation is 1. The number of hydrogen-bond acceptors (Lipinski definition) is 6. The number of halogens is 1. The highest BCUT2D eigenvalue weighted by atomic mass is 35.5. The van der Waals surface area contributed by atoms with Gasteiger partial charge >= 0.3 is 0 Å². The second kappa shape index (κ2) is 6.42. The van der Waals surface area contributed by atoms with Crippen molar-refractivity contribution in [1.82, 2.24) is 25.1 Å². The number of fused-ring (bicyclic) bond motifs is 1. The molecule has 0 radical (unpaired) electrons. The molecule has 6 nitrogen and oxygen atoms in total. The fourth-order valence-corrected chi connectivity index (χ4v) is 3.70. The molecule has 0 amide bonds. The van der Waals surface area contributed by atoms with Crippen LogP contribution in [0.4, 0.5) is 5.82 Å². The zero-order valence-corrected chi connectivity index (χ0v) is 15.2. The van der Waals surface area contributed by atoms with Crippen LogP contribution in [0.2, 0.25) is 5.02 Å². The molecule has 4 aromatic rings. The molecule has 126 valence electrons. The van der Waals surface area contributed by atoms with Crippen LogP contribution in [0.3, 0.4) is 0 Å². The van der Waals surface area contributed by atoms with E-state index in [1.165, 1.54) is 11.2 Å². The summed E-state index contributed by atoms with van der Waals surface area (Å²) in [6.07, 6.45) is 3.23. The normalized spacial score (nSPS) is 12.4. The van der Waals surface area contributed by atoms with Crippen LogP contribution in [-0.2, 0) is 0 Å². The summed E-state index contributed by atoms with van der Waals surface area (Å²) in [5, 5.41) is 12.8. The van der Waals surface area contributed by atoms with E-state index < -0.39 is 0 Å². The Morgan fingerprint density at radius 1 is 1.20 bits per heavy atom. The SMILES string of the molecule is Cc1sc([C@H](C)Nc2ncnc3[nH]ncc23)nc1-c1ccc(Cl)cc1. The van der Waals surface area contributed by atoms with Gasteiger partial charge in [0, 0.05) is 15.5 Å². The minimum atomic E-state index is 0.0118. The lowest BCUT2D eigenvalue weighted by atomic mass is 10.1. The molecule has 4 rings (SSSR count). The fraction of sp³-hybridized carbons (Fsp3) is 0.176. The number of aromatic nitrogens is 5. The van der Waals surface area contributed by atoms with Crippen LogP contribution in [-0.4, -0.2) is 25.1 Å². The lowest BCUT2D eigenvalue weighted by Gasteiger charge is -2.12. The summed E-state index contributed by atoms with van der Waals surface area (Å²) in [4.78, 5) is 14.5. The quantitative estimate of drug-likeness (QED) is 0.548. The standard InChI is InChI=1S/C17H15ClN6S/c1-9(22-15-13-7-21-24-16(13)20-8-19-15)17-23-14(10(2)25-17)11-3-5-12(18)6-4-11/h3-9H,1-2H3,(H2,19,20,21,22,24)/t9-/m0/s1. The lowest BCUT2D eigenvalue weighted by Crippen LogP contribution is -2.08. The summed E-state index contributed by atoms with van der Waals surface area (Å²) in [6.45, 7) is 4.15. The molecule has 0 aliphatic carbocycles. The van der Waals surface area contributed by atoms with Crippen LogP contribution >= 0.6 is 22.9 Å². The molecule has 0 unspecified atom stereocenters. The van der Waals surface area contributed by atoms with E-state index in [0.717, 1.165) is 32.5 Å². The van der Waals surface area contributed by atoms with Crippen molar-refractivity contribution in [3.63, 3.8) is 0 Å².